The van der Waals surface area contributed by atoms with Gasteiger partial charge in [0.05, 0.1) is 12.2 Å². The van der Waals surface area contributed by atoms with Crippen LogP contribution in [0.1, 0.15) is 5.56 Å². The van der Waals surface area contributed by atoms with Crippen molar-refractivity contribution < 1.29 is 4.74 Å². The summed E-state index contributed by atoms with van der Waals surface area (Å²) in [5, 5.41) is 6.07. The average Bonchev–Trinajstić information content (AvgIpc) is 2.45. The van der Waals surface area contributed by atoms with E-state index < -0.39 is 0 Å². The van der Waals surface area contributed by atoms with Crippen molar-refractivity contribution in [3.8, 4) is 5.75 Å². The highest BCUT2D eigenvalue weighted by Crippen LogP contribution is 2.27. The molecule has 2 heterocycles. The van der Waals surface area contributed by atoms with Crippen molar-refractivity contribution in [2.75, 3.05) is 6.61 Å². The molecule has 0 aromatic carbocycles. The Balaban J connectivity index is 2.74. The second kappa shape index (κ2) is 2.23. The maximum absolute atomic E-state index is 11.0. The topological polar surface area (TPSA) is 55.0 Å². The van der Waals surface area contributed by atoms with E-state index >= 15 is 0 Å². The lowest BCUT2D eigenvalue weighted by atomic mass is 10.2. The van der Waals surface area contributed by atoms with Gasteiger partial charge in [-0.05, 0) is 0 Å². The van der Waals surface area contributed by atoms with Gasteiger partial charge in [-0.2, -0.15) is 5.10 Å². The second-order valence-electron chi connectivity index (χ2n) is 2.25. The van der Waals surface area contributed by atoms with Gasteiger partial charge >= 0.3 is 0 Å². The lowest BCUT2D eigenvalue weighted by molar-refractivity contribution is 0.355. The van der Waals surface area contributed by atoms with E-state index in [1.54, 1.807) is 0 Å². The highest BCUT2D eigenvalue weighted by molar-refractivity contribution is 6.30. The number of fused-ring (bicyclic) bond motifs is 1. The second-order valence-corrected chi connectivity index (χ2v) is 2.61. The summed E-state index contributed by atoms with van der Waals surface area (Å²) >= 11 is 5.64. The summed E-state index contributed by atoms with van der Waals surface area (Å²) in [5.74, 6) is 0.440. The number of nitrogens with one attached hydrogen (secondary N) is 1. The van der Waals surface area contributed by atoms with Gasteiger partial charge < -0.3 is 4.74 Å². The van der Waals surface area contributed by atoms with Gasteiger partial charge in [0.2, 0.25) is 0 Å². The van der Waals surface area contributed by atoms with Crippen LogP contribution in [-0.2, 0) is 6.42 Å². The van der Waals surface area contributed by atoms with E-state index in [0.29, 0.717) is 24.3 Å². The van der Waals surface area contributed by atoms with Crippen LogP contribution < -0.4 is 10.3 Å². The fourth-order valence-corrected chi connectivity index (χ4v) is 1.29. The first-order valence-electron chi connectivity index (χ1n) is 3.19. The first-order valence-corrected chi connectivity index (χ1v) is 3.56. The van der Waals surface area contributed by atoms with Gasteiger partial charge in [0, 0.05) is 6.42 Å². The van der Waals surface area contributed by atoms with Gasteiger partial charge in [-0.1, -0.05) is 11.6 Å². The van der Waals surface area contributed by atoms with E-state index in [1.807, 2.05) is 0 Å². The number of H-pyrrole nitrogens is 1. The molecule has 0 amide bonds. The summed E-state index contributed by atoms with van der Waals surface area (Å²) in [4.78, 5) is 11.0. The Bertz CT molecular complexity index is 347. The zero-order chi connectivity index (χ0) is 7.84. The maximum atomic E-state index is 11.0. The molecule has 0 saturated carbocycles. The van der Waals surface area contributed by atoms with Crippen LogP contribution in [0, 0.1) is 0 Å². The number of hydrogen-bond acceptors (Lipinski definition) is 3. The van der Waals surface area contributed by atoms with Crippen molar-refractivity contribution in [3.05, 3.63) is 21.1 Å². The molecule has 1 aromatic rings. The van der Waals surface area contributed by atoms with Gasteiger partial charge in [-0.15, -0.1) is 0 Å². The van der Waals surface area contributed by atoms with E-state index in [4.69, 9.17) is 16.3 Å². The zero-order valence-corrected chi connectivity index (χ0v) is 6.31. The third-order valence-corrected chi connectivity index (χ3v) is 1.85. The summed E-state index contributed by atoms with van der Waals surface area (Å²) in [6.45, 7) is 0.518. The Morgan fingerprint density at radius 3 is 3.18 bits per heavy atom. The molecule has 0 fully saturated rings. The minimum Gasteiger partial charge on any atom is -0.489 e. The van der Waals surface area contributed by atoms with Crippen LogP contribution in [0.25, 0.3) is 0 Å². The van der Waals surface area contributed by atoms with Crippen molar-refractivity contribution in [3.63, 3.8) is 0 Å². The lowest BCUT2D eigenvalue weighted by Gasteiger charge is -1.97. The van der Waals surface area contributed by atoms with Crippen molar-refractivity contribution in [1.82, 2.24) is 10.2 Å². The van der Waals surface area contributed by atoms with E-state index in [2.05, 4.69) is 10.2 Å². The van der Waals surface area contributed by atoms with Crippen LogP contribution in [0.15, 0.2) is 4.79 Å². The first kappa shape index (κ1) is 6.67. The Hall–Kier alpha value is -1.03. The molecule has 1 N–H and O–H groups in total. The van der Waals surface area contributed by atoms with Crippen molar-refractivity contribution in [2.45, 2.75) is 6.42 Å². The molecule has 1 aromatic heterocycles. The molecular weight excluding hydrogens is 168 g/mol. The Kier molecular flexibility index (Phi) is 1.35. The number of hydrogen-bond donors (Lipinski definition) is 1. The standard InChI is InChI=1S/C6H5ClN2O2/c7-5-4-3(1-2-11-4)6(10)9-8-5/h1-2H2,(H,9,10). The first-order chi connectivity index (χ1) is 5.29. The van der Waals surface area contributed by atoms with Crippen molar-refractivity contribution in [2.24, 2.45) is 0 Å². The van der Waals surface area contributed by atoms with E-state index in [0.717, 1.165) is 0 Å². The predicted octanol–water partition coefficient (Wildman–Crippen LogP) is 0.358. The minimum atomic E-state index is -0.207. The molecule has 0 saturated heterocycles. The summed E-state index contributed by atoms with van der Waals surface area (Å²) in [6.07, 6.45) is 0.618. The number of nitrogens with zero attached hydrogens (tertiary/aromatic N) is 1. The molecule has 0 spiro atoms. The van der Waals surface area contributed by atoms with Gasteiger partial charge in [0.15, 0.2) is 10.9 Å². The molecule has 0 radical (unpaired) electrons. The fraction of sp³-hybridized carbons (Fsp3) is 0.333. The molecule has 1 aliphatic heterocycles. The molecule has 58 valence electrons. The molecule has 0 aliphatic carbocycles. The van der Waals surface area contributed by atoms with Gasteiger partial charge in [-0.25, -0.2) is 5.10 Å². The molecule has 5 heteroatoms. The lowest BCUT2D eigenvalue weighted by Crippen LogP contribution is -2.11. The molecular formula is C6H5ClN2O2. The number of aromatic amines is 1. The maximum Gasteiger partial charge on any atom is 0.271 e. The summed E-state index contributed by atoms with van der Waals surface area (Å²) in [7, 11) is 0. The predicted molar refractivity (Wildman–Crippen MR) is 39.1 cm³/mol. The van der Waals surface area contributed by atoms with Gasteiger partial charge in [-0.3, -0.25) is 4.79 Å². The molecule has 1 aliphatic rings. The number of rotatable bonds is 0. The number of halogens is 1. The summed E-state index contributed by atoms with van der Waals surface area (Å²) in [6, 6.07) is 0. The van der Waals surface area contributed by atoms with Crippen LogP contribution >= 0.6 is 11.6 Å². The zero-order valence-electron chi connectivity index (χ0n) is 5.56. The molecule has 0 bridgehead atoms. The summed E-state index contributed by atoms with van der Waals surface area (Å²) in [5.41, 5.74) is 0.395. The summed E-state index contributed by atoms with van der Waals surface area (Å²) < 4.78 is 5.10. The van der Waals surface area contributed by atoms with Gasteiger partial charge in [0.25, 0.3) is 5.56 Å². The van der Waals surface area contributed by atoms with E-state index in [9.17, 15) is 4.79 Å². The Labute approximate surface area is 67.1 Å². The monoisotopic (exact) mass is 172 g/mol. The van der Waals surface area contributed by atoms with Crippen molar-refractivity contribution in [1.29, 1.82) is 0 Å². The quantitative estimate of drug-likeness (QED) is 0.615. The normalized spacial score (nSPS) is 14.3. The molecule has 0 atom stereocenters. The molecule has 11 heavy (non-hydrogen) atoms. The third-order valence-electron chi connectivity index (χ3n) is 1.59. The molecule has 4 nitrogen and oxygen atoms in total. The highest BCUT2D eigenvalue weighted by atomic mass is 35.5. The Morgan fingerprint density at radius 2 is 2.45 bits per heavy atom. The van der Waals surface area contributed by atoms with Gasteiger partial charge in [0.1, 0.15) is 0 Å². The molecule has 0 unspecified atom stereocenters. The van der Waals surface area contributed by atoms with Crippen LogP contribution in [-0.4, -0.2) is 16.8 Å². The molecule has 2 rings (SSSR count). The highest BCUT2D eigenvalue weighted by Gasteiger charge is 2.19. The largest absolute Gasteiger partial charge is 0.489 e. The number of ether oxygens (including phenoxy) is 1. The average molecular weight is 173 g/mol. The Morgan fingerprint density at radius 1 is 1.64 bits per heavy atom. The SMILES string of the molecule is O=c1[nH]nc(Cl)c2c1CCO2. The van der Waals surface area contributed by atoms with Crippen molar-refractivity contribution >= 4 is 11.6 Å². The van der Waals surface area contributed by atoms with Crippen LogP contribution in [0.5, 0.6) is 5.75 Å². The van der Waals surface area contributed by atoms with Crippen LogP contribution in [0.4, 0.5) is 0 Å². The third kappa shape index (κ3) is 0.903. The van der Waals surface area contributed by atoms with Crippen LogP contribution in [0.2, 0.25) is 5.15 Å². The van der Waals surface area contributed by atoms with E-state index in [1.165, 1.54) is 0 Å². The minimum absolute atomic E-state index is 0.207. The fourth-order valence-electron chi connectivity index (χ4n) is 1.07. The van der Waals surface area contributed by atoms with E-state index in [-0.39, 0.29) is 10.7 Å². The number of aromatic nitrogens is 2. The smallest absolute Gasteiger partial charge is 0.271 e. The van der Waals surface area contributed by atoms with Crippen LogP contribution in [0.3, 0.4) is 0 Å².